The molecule has 94 valence electrons. The molecule has 0 spiro atoms. The third kappa shape index (κ3) is 3.15. The standard InChI is InChI=1S/C14H15BrN2O/c1-9-3-10(2)14(17-6-9)13(18)5-11-4-12(15)8-16-7-11/h3-4,6-8,13,18H,5H2,1-2H3. The van der Waals surface area contributed by atoms with Gasteiger partial charge >= 0.3 is 0 Å². The van der Waals surface area contributed by atoms with Gasteiger partial charge in [0.1, 0.15) is 6.10 Å². The zero-order chi connectivity index (χ0) is 13.1. The fourth-order valence-corrected chi connectivity index (χ4v) is 2.37. The summed E-state index contributed by atoms with van der Waals surface area (Å²) in [5.74, 6) is 0. The maximum atomic E-state index is 10.2. The van der Waals surface area contributed by atoms with Crippen molar-refractivity contribution >= 4 is 15.9 Å². The molecule has 18 heavy (non-hydrogen) atoms. The van der Waals surface area contributed by atoms with Crippen molar-refractivity contribution in [2.75, 3.05) is 0 Å². The highest BCUT2D eigenvalue weighted by Gasteiger charge is 2.13. The minimum absolute atomic E-state index is 0.517. The lowest BCUT2D eigenvalue weighted by molar-refractivity contribution is 0.172. The Kier molecular flexibility index (Phi) is 4.09. The van der Waals surface area contributed by atoms with Crippen LogP contribution in [0.4, 0.5) is 0 Å². The molecule has 0 aromatic carbocycles. The third-order valence-corrected chi connectivity index (χ3v) is 3.20. The minimum Gasteiger partial charge on any atom is -0.386 e. The summed E-state index contributed by atoms with van der Waals surface area (Å²) in [7, 11) is 0. The molecule has 1 N–H and O–H groups in total. The molecule has 4 heteroatoms. The van der Waals surface area contributed by atoms with E-state index in [1.54, 1.807) is 18.6 Å². The largest absolute Gasteiger partial charge is 0.386 e. The highest BCUT2D eigenvalue weighted by atomic mass is 79.9. The van der Waals surface area contributed by atoms with Crippen LogP contribution in [-0.2, 0) is 6.42 Å². The lowest BCUT2D eigenvalue weighted by Crippen LogP contribution is -2.07. The first-order valence-electron chi connectivity index (χ1n) is 5.77. The zero-order valence-corrected chi connectivity index (χ0v) is 12.0. The van der Waals surface area contributed by atoms with E-state index in [9.17, 15) is 5.11 Å². The smallest absolute Gasteiger partial charge is 0.100 e. The molecule has 0 radical (unpaired) electrons. The molecule has 0 saturated heterocycles. The van der Waals surface area contributed by atoms with Gasteiger partial charge in [-0.3, -0.25) is 9.97 Å². The Hall–Kier alpha value is -1.26. The van der Waals surface area contributed by atoms with E-state index in [4.69, 9.17) is 0 Å². The predicted octanol–water partition coefficient (Wildman–Crippen LogP) is 3.13. The Labute approximate surface area is 115 Å². The van der Waals surface area contributed by atoms with E-state index < -0.39 is 6.10 Å². The number of hydrogen-bond acceptors (Lipinski definition) is 3. The van der Waals surface area contributed by atoms with Gasteiger partial charge in [-0.2, -0.15) is 0 Å². The van der Waals surface area contributed by atoms with Crippen LogP contribution in [0.25, 0.3) is 0 Å². The first-order valence-corrected chi connectivity index (χ1v) is 6.56. The molecular weight excluding hydrogens is 292 g/mol. The van der Waals surface area contributed by atoms with Gasteiger partial charge in [0.2, 0.25) is 0 Å². The molecule has 2 aromatic heterocycles. The molecule has 0 aliphatic carbocycles. The summed E-state index contributed by atoms with van der Waals surface area (Å²) < 4.78 is 0.917. The minimum atomic E-state index is -0.596. The van der Waals surface area contributed by atoms with Gasteiger partial charge in [0.05, 0.1) is 5.69 Å². The Morgan fingerprint density at radius 2 is 2.00 bits per heavy atom. The highest BCUT2D eigenvalue weighted by molar-refractivity contribution is 9.10. The van der Waals surface area contributed by atoms with Gasteiger partial charge in [-0.1, -0.05) is 6.07 Å². The van der Waals surface area contributed by atoms with E-state index in [2.05, 4.69) is 25.9 Å². The summed E-state index contributed by atoms with van der Waals surface area (Å²) in [6.45, 7) is 3.96. The molecule has 2 rings (SSSR count). The second-order valence-corrected chi connectivity index (χ2v) is 5.36. The lowest BCUT2D eigenvalue weighted by atomic mass is 10.0. The van der Waals surface area contributed by atoms with E-state index in [1.165, 1.54) is 0 Å². The van der Waals surface area contributed by atoms with Crippen molar-refractivity contribution in [1.82, 2.24) is 9.97 Å². The molecule has 2 aromatic rings. The molecule has 0 aliphatic rings. The van der Waals surface area contributed by atoms with Crippen molar-refractivity contribution in [3.8, 4) is 0 Å². The number of aliphatic hydroxyl groups excluding tert-OH is 1. The van der Waals surface area contributed by atoms with Crippen LogP contribution in [0, 0.1) is 13.8 Å². The second-order valence-electron chi connectivity index (χ2n) is 4.45. The molecule has 3 nitrogen and oxygen atoms in total. The molecule has 2 heterocycles. The van der Waals surface area contributed by atoms with Gasteiger partial charge in [-0.25, -0.2) is 0 Å². The van der Waals surface area contributed by atoms with Crippen LogP contribution in [0.1, 0.15) is 28.5 Å². The summed E-state index contributed by atoms with van der Waals surface area (Å²) in [5, 5.41) is 10.2. The Morgan fingerprint density at radius 3 is 2.67 bits per heavy atom. The summed E-state index contributed by atoms with van der Waals surface area (Å²) in [6.07, 6.45) is 5.19. The van der Waals surface area contributed by atoms with Crippen LogP contribution < -0.4 is 0 Å². The molecule has 0 fully saturated rings. The third-order valence-electron chi connectivity index (χ3n) is 2.76. The summed E-state index contributed by atoms with van der Waals surface area (Å²) >= 11 is 3.37. The van der Waals surface area contributed by atoms with Crippen LogP contribution in [0.3, 0.4) is 0 Å². The average molecular weight is 307 g/mol. The molecule has 0 bridgehead atoms. The second kappa shape index (κ2) is 5.59. The van der Waals surface area contributed by atoms with Crippen molar-refractivity contribution in [3.63, 3.8) is 0 Å². The number of aryl methyl sites for hydroxylation is 2. The fraction of sp³-hybridized carbons (Fsp3) is 0.286. The molecule has 1 unspecified atom stereocenters. The maximum Gasteiger partial charge on any atom is 0.100 e. The van der Waals surface area contributed by atoms with Gasteiger partial charge < -0.3 is 5.11 Å². The normalized spacial score (nSPS) is 12.4. The van der Waals surface area contributed by atoms with Crippen LogP contribution in [0.2, 0.25) is 0 Å². The highest BCUT2D eigenvalue weighted by Crippen LogP contribution is 2.21. The number of halogens is 1. The number of aliphatic hydroxyl groups is 1. The van der Waals surface area contributed by atoms with E-state index in [0.717, 1.165) is 26.9 Å². The number of nitrogens with zero attached hydrogens (tertiary/aromatic N) is 2. The van der Waals surface area contributed by atoms with E-state index >= 15 is 0 Å². The van der Waals surface area contributed by atoms with Crippen molar-refractivity contribution in [1.29, 1.82) is 0 Å². The maximum absolute atomic E-state index is 10.2. The fourth-order valence-electron chi connectivity index (χ4n) is 1.96. The summed E-state index contributed by atoms with van der Waals surface area (Å²) in [4.78, 5) is 8.40. The Balaban J connectivity index is 2.19. The zero-order valence-electron chi connectivity index (χ0n) is 10.4. The van der Waals surface area contributed by atoms with Crippen LogP contribution in [0.15, 0.2) is 35.2 Å². The van der Waals surface area contributed by atoms with Gasteiger partial charge in [-0.05, 0) is 52.5 Å². The Morgan fingerprint density at radius 1 is 1.22 bits per heavy atom. The monoisotopic (exact) mass is 306 g/mol. The molecule has 1 atom stereocenters. The quantitative estimate of drug-likeness (QED) is 0.947. The molecule has 0 aliphatic heterocycles. The topological polar surface area (TPSA) is 46.0 Å². The van der Waals surface area contributed by atoms with E-state index in [0.29, 0.717) is 6.42 Å². The first-order chi connectivity index (χ1) is 8.56. The SMILES string of the molecule is Cc1cnc(C(O)Cc2cncc(Br)c2)c(C)c1. The van der Waals surface area contributed by atoms with Gasteiger partial charge in [-0.15, -0.1) is 0 Å². The van der Waals surface area contributed by atoms with E-state index in [-0.39, 0.29) is 0 Å². The number of rotatable bonds is 3. The van der Waals surface area contributed by atoms with Gasteiger partial charge in [0, 0.05) is 29.5 Å². The number of aromatic nitrogens is 2. The van der Waals surface area contributed by atoms with Gasteiger partial charge in [0.15, 0.2) is 0 Å². The Bertz CT molecular complexity index is 557. The van der Waals surface area contributed by atoms with Crippen LogP contribution in [-0.4, -0.2) is 15.1 Å². The molecular formula is C14H15BrN2O. The average Bonchev–Trinajstić information content (AvgIpc) is 2.28. The number of hydrogen-bond donors (Lipinski definition) is 1. The van der Waals surface area contributed by atoms with Crippen LogP contribution in [0.5, 0.6) is 0 Å². The molecule has 0 saturated carbocycles. The first kappa shape index (κ1) is 13.2. The summed E-state index contributed by atoms with van der Waals surface area (Å²) in [5.41, 5.74) is 3.84. The predicted molar refractivity (Wildman–Crippen MR) is 74.3 cm³/mol. The van der Waals surface area contributed by atoms with Crippen molar-refractivity contribution < 1.29 is 5.11 Å². The van der Waals surface area contributed by atoms with Crippen LogP contribution >= 0.6 is 15.9 Å². The van der Waals surface area contributed by atoms with Crippen molar-refractivity contribution in [2.24, 2.45) is 0 Å². The van der Waals surface area contributed by atoms with Crippen molar-refractivity contribution in [3.05, 3.63) is 57.6 Å². The van der Waals surface area contributed by atoms with Gasteiger partial charge in [0.25, 0.3) is 0 Å². The van der Waals surface area contributed by atoms with Crippen molar-refractivity contribution in [2.45, 2.75) is 26.4 Å². The van der Waals surface area contributed by atoms with E-state index in [1.807, 2.05) is 26.0 Å². The molecule has 0 amide bonds. The lowest BCUT2D eigenvalue weighted by Gasteiger charge is -2.13. The number of pyridine rings is 2. The summed E-state index contributed by atoms with van der Waals surface area (Å²) in [6, 6.07) is 3.99.